The average Bonchev–Trinajstić information content (AvgIpc) is 2.69. The van der Waals surface area contributed by atoms with Crippen LogP contribution in [0.15, 0.2) is 72.8 Å². The Hall–Kier alpha value is -2.66. The summed E-state index contributed by atoms with van der Waals surface area (Å²) in [4.78, 5) is 22.0. The first-order chi connectivity index (χ1) is 13.8. The van der Waals surface area contributed by atoms with Gasteiger partial charge >= 0.3 is 11.9 Å². The summed E-state index contributed by atoms with van der Waals surface area (Å²) in [5, 5.41) is 11.5. The largest absolute Gasteiger partial charge is 0.478 e. The molecular weight excluding hydrogens is 380 g/mol. The molecule has 0 aliphatic rings. The lowest BCUT2D eigenvalue weighted by Gasteiger charge is -2.44. The van der Waals surface area contributed by atoms with Gasteiger partial charge in [-0.1, -0.05) is 98.2 Å². The van der Waals surface area contributed by atoms with Gasteiger partial charge in [0, 0.05) is 12.2 Å². The lowest BCUT2D eigenvalue weighted by Crippen LogP contribution is -2.64. The summed E-state index contributed by atoms with van der Waals surface area (Å²) in [5.74, 6) is -1.77. The maximum atomic E-state index is 11.5. The first-order valence-electron chi connectivity index (χ1n) is 9.96. The molecule has 0 atom stereocenters. The van der Waals surface area contributed by atoms with E-state index in [1.165, 1.54) is 10.4 Å². The molecule has 2 aromatic rings. The number of unbranched alkanes of at least 4 members (excludes halogenated alkanes) is 1. The lowest BCUT2D eigenvalue weighted by molar-refractivity contribution is -0.138. The summed E-state index contributed by atoms with van der Waals surface area (Å²) in [7, 11) is -2.09. The van der Waals surface area contributed by atoms with Gasteiger partial charge in [-0.15, -0.1) is 0 Å². The highest BCUT2D eigenvalue weighted by Gasteiger charge is 2.46. The Morgan fingerprint density at radius 2 is 1.41 bits per heavy atom. The third-order valence-corrected chi connectivity index (χ3v) is 11.7. The van der Waals surface area contributed by atoms with Gasteiger partial charge in [0.2, 0.25) is 0 Å². The van der Waals surface area contributed by atoms with Crippen molar-refractivity contribution in [1.29, 1.82) is 0 Å². The molecule has 0 aliphatic carbocycles. The van der Waals surface area contributed by atoms with Gasteiger partial charge in [0.25, 0.3) is 0 Å². The van der Waals surface area contributed by atoms with Crippen LogP contribution in [0.4, 0.5) is 0 Å². The maximum absolute atomic E-state index is 11.5. The number of benzene rings is 2. The normalized spacial score (nSPS) is 12.1. The van der Waals surface area contributed by atoms with E-state index in [1.54, 1.807) is 0 Å². The van der Waals surface area contributed by atoms with Crippen LogP contribution in [-0.4, -0.2) is 31.7 Å². The number of aliphatic carboxylic acids is 1. The Morgan fingerprint density at radius 1 is 0.897 bits per heavy atom. The Bertz CT molecular complexity index is 783. The summed E-state index contributed by atoms with van der Waals surface area (Å²) in [5.41, 5.74) is 0. The number of esters is 1. The minimum absolute atomic E-state index is 0.108. The minimum Gasteiger partial charge on any atom is -0.478 e. The third-order valence-electron chi connectivity index (χ3n) is 5.37. The van der Waals surface area contributed by atoms with Gasteiger partial charge in [-0.3, -0.25) is 0 Å². The molecule has 0 bridgehead atoms. The quantitative estimate of drug-likeness (QED) is 0.294. The summed E-state index contributed by atoms with van der Waals surface area (Å²) in [6.45, 7) is 7.28. The maximum Gasteiger partial charge on any atom is 0.331 e. The van der Waals surface area contributed by atoms with Gasteiger partial charge in [-0.05, 0) is 17.5 Å². The van der Waals surface area contributed by atoms with E-state index in [4.69, 9.17) is 9.84 Å². The highest BCUT2D eigenvalue weighted by molar-refractivity contribution is 7.04. The van der Waals surface area contributed by atoms with Crippen LogP contribution in [0.1, 0.15) is 33.6 Å². The monoisotopic (exact) mass is 410 g/mol. The van der Waals surface area contributed by atoms with Crippen molar-refractivity contribution in [2.45, 2.75) is 44.7 Å². The summed E-state index contributed by atoms with van der Waals surface area (Å²) >= 11 is 0. The lowest BCUT2D eigenvalue weighted by atomic mass is 10.2. The SMILES string of the molecule is CC(C)(C)[Si](CCCCOC(=O)C=CC(=O)O)(c1ccccc1)c1ccccc1. The number of carboxylic acids is 1. The molecule has 0 amide bonds. The van der Waals surface area contributed by atoms with Crippen molar-refractivity contribution in [3.8, 4) is 0 Å². The summed E-state index contributed by atoms with van der Waals surface area (Å²) < 4.78 is 5.13. The molecule has 0 unspecified atom stereocenters. The molecule has 29 heavy (non-hydrogen) atoms. The minimum atomic E-state index is -2.09. The molecule has 2 rings (SSSR count). The van der Waals surface area contributed by atoms with Crippen LogP contribution < -0.4 is 10.4 Å². The van der Waals surface area contributed by atoms with Gasteiger partial charge in [0.05, 0.1) is 6.61 Å². The van der Waals surface area contributed by atoms with E-state index in [0.717, 1.165) is 31.0 Å². The van der Waals surface area contributed by atoms with Gasteiger partial charge < -0.3 is 9.84 Å². The molecule has 0 saturated heterocycles. The van der Waals surface area contributed by atoms with E-state index >= 15 is 0 Å². The van der Waals surface area contributed by atoms with Crippen LogP contribution in [0.3, 0.4) is 0 Å². The van der Waals surface area contributed by atoms with Crippen molar-refractivity contribution in [2.75, 3.05) is 6.61 Å². The van der Waals surface area contributed by atoms with E-state index in [9.17, 15) is 9.59 Å². The zero-order chi connectivity index (χ0) is 21.3. The van der Waals surface area contributed by atoms with Crippen molar-refractivity contribution in [3.63, 3.8) is 0 Å². The second kappa shape index (κ2) is 10.2. The Balaban J connectivity index is 2.17. The molecular formula is C24H30O4Si. The fraction of sp³-hybridized carbons (Fsp3) is 0.333. The molecule has 0 aromatic heterocycles. The van der Waals surface area contributed by atoms with Crippen molar-refractivity contribution < 1.29 is 19.4 Å². The Kier molecular flexibility index (Phi) is 7.97. The number of rotatable bonds is 9. The molecule has 154 valence electrons. The van der Waals surface area contributed by atoms with E-state index in [1.807, 2.05) is 0 Å². The Morgan fingerprint density at radius 3 is 1.86 bits per heavy atom. The van der Waals surface area contributed by atoms with Crippen LogP contribution in [0.2, 0.25) is 11.1 Å². The average molecular weight is 411 g/mol. The van der Waals surface area contributed by atoms with Crippen molar-refractivity contribution in [1.82, 2.24) is 0 Å². The van der Waals surface area contributed by atoms with E-state index in [-0.39, 0.29) is 5.04 Å². The number of hydrogen-bond donors (Lipinski definition) is 1. The number of carbonyl (C=O) groups is 2. The fourth-order valence-electron chi connectivity index (χ4n) is 3.99. The molecule has 0 saturated carbocycles. The van der Waals surface area contributed by atoms with E-state index in [2.05, 4.69) is 81.4 Å². The predicted molar refractivity (Wildman–Crippen MR) is 119 cm³/mol. The molecule has 0 fully saturated rings. The predicted octanol–water partition coefficient (Wildman–Crippen LogP) is 4.01. The van der Waals surface area contributed by atoms with Gasteiger partial charge in [0.1, 0.15) is 8.07 Å². The molecule has 2 aromatic carbocycles. The molecule has 4 nitrogen and oxygen atoms in total. The number of carboxylic acid groups (broad SMARTS) is 1. The van der Waals surface area contributed by atoms with Crippen LogP contribution >= 0.6 is 0 Å². The van der Waals surface area contributed by atoms with Gasteiger partial charge in [0.15, 0.2) is 0 Å². The topological polar surface area (TPSA) is 63.6 Å². The molecule has 0 spiro atoms. The number of carbonyl (C=O) groups excluding carboxylic acids is 1. The third kappa shape index (κ3) is 5.91. The Labute approximate surface area is 174 Å². The summed E-state index contributed by atoms with van der Waals surface area (Å²) in [6, 6.07) is 22.6. The number of hydrogen-bond acceptors (Lipinski definition) is 3. The molecule has 0 heterocycles. The highest BCUT2D eigenvalue weighted by atomic mass is 28.3. The number of ether oxygens (including phenoxy) is 1. The van der Waals surface area contributed by atoms with E-state index in [0.29, 0.717) is 6.61 Å². The fourth-order valence-corrected chi connectivity index (χ4v) is 9.69. The highest BCUT2D eigenvalue weighted by Crippen LogP contribution is 2.39. The second-order valence-electron chi connectivity index (χ2n) is 8.18. The zero-order valence-corrected chi connectivity index (χ0v) is 18.4. The van der Waals surface area contributed by atoms with Crippen molar-refractivity contribution >= 4 is 30.4 Å². The van der Waals surface area contributed by atoms with Crippen LogP contribution in [0.25, 0.3) is 0 Å². The molecule has 0 radical (unpaired) electrons. The smallest absolute Gasteiger partial charge is 0.331 e. The standard InChI is InChI=1S/C24H30O4Si/c1-24(2,3)29(20-12-6-4-7-13-20,21-14-8-5-9-15-21)19-11-10-18-28-23(27)17-16-22(25)26/h4-9,12-17H,10-11,18-19H2,1-3H3,(H,25,26). The van der Waals surface area contributed by atoms with Crippen LogP contribution in [0.5, 0.6) is 0 Å². The van der Waals surface area contributed by atoms with E-state index < -0.39 is 20.0 Å². The van der Waals surface area contributed by atoms with Gasteiger partial charge in [-0.25, -0.2) is 9.59 Å². The molecule has 5 heteroatoms. The summed E-state index contributed by atoms with van der Waals surface area (Å²) in [6.07, 6.45) is 3.43. The second-order valence-corrected chi connectivity index (χ2v) is 13.1. The first kappa shape index (κ1) is 22.6. The van der Waals surface area contributed by atoms with Gasteiger partial charge in [-0.2, -0.15) is 0 Å². The van der Waals surface area contributed by atoms with Crippen molar-refractivity contribution in [3.05, 3.63) is 72.8 Å². The van der Waals surface area contributed by atoms with Crippen LogP contribution in [-0.2, 0) is 14.3 Å². The first-order valence-corrected chi connectivity index (χ1v) is 12.2. The molecule has 1 N–H and O–H groups in total. The van der Waals surface area contributed by atoms with Crippen molar-refractivity contribution in [2.24, 2.45) is 0 Å². The van der Waals surface area contributed by atoms with Crippen LogP contribution in [0, 0.1) is 0 Å². The zero-order valence-electron chi connectivity index (χ0n) is 17.4. The molecule has 0 aliphatic heterocycles.